The van der Waals surface area contributed by atoms with Crippen LogP contribution in [0.15, 0.2) is 42.7 Å². The van der Waals surface area contributed by atoms with Gasteiger partial charge in [0.25, 0.3) is 0 Å². The summed E-state index contributed by atoms with van der Waals surface area (Å²) < 4.78 is 0. The highest BCUT2D eigenvalue weighted by Gasteiger charge is 2.00. The number of aromatic amines is 1. The van der Waals surface area contributed by atoms with Gasteiger partial charge in [0.15, 0.2) is 0 Å². The summed E-state index contributed by atoms with van der Waals surface area (Å²) in [6, 6.07) is 9.06. The molecule has 1 aromatic carbocycles. The van der Waals surface area contributed by atoms with Gasteiger partial charge < -0.3 is 10.6 Å². The zero-order chi connectivity index (χ0) is 11.2. The maximum Gasteiger partial charge on any atom is 0.319 e. The lowest BCUT2D eigenvalue weighted by molar-refractivity contribution is 0.251. The van der Waals surface area contributed by atoms with Crippen molar-refractivity contribution in [3.63, 3.8) is 0 Å². The van der Waals surface area contributed by atoms with E-state index in [9.17, 15) is 4.79 Å². The normalized spacial score (nSPS) is 9.75. The Morgan fingerprint density at radius 2 is 2.12 bits per heavy atom. The fraction of sp³-hybridized carbons (Fsp3) is 0.0909. The van der Waals surface area contributed by atoms with Crippen LogP contribution >= 0.6 is 0 Å². The molecule has 0 aliphatic rings. The number of hydrogen-bond donors (Lipinski definition) is 3. The van der Waals surface area contributed by atoms with Crippen LogP contribution in [0.5, 0.6) is 0 Å². The Balaban J connectivity index is 1.81. The minimum atomic E-state index is -0.229. The summed E-state index contributed by atoms with van der Waals surface area (Å²) in [5.74, 6) is 0. The molecule has 0 spiro atoms. The van der Waals surface area contributed by atoms with Crippen LogP contribution in [0.3, 0.4) is 0 Å². The van der Waals surface area contributed by atoms with Crippen molar-refractivity contribution in [1.29, 1.82) is 0 Å². The van der Waals surface area contributed by atoms with Crippen LogP contribution in [0.25, 0.3) is 0 Å². The van der Waals surface area contributed by atoms with E-state index >= 15 is 0 Å². The molecule has 0 fully saturated rings. The maximum absolute atomic E-state index is 11.5. The van der Waals surface area contributed by atoms with Crippen LogP contribution < -0.4 is 10.6 Å². The Morgan fingerprint density at radius 1 is 1.31 bits per heavy atom. The van der Waals surface area contributed by atoms with Gasteiger partial charge in [0.05, 0.1) is 6.20 Å². The fourth-order valence-electron chi connectivity index (χ4n) is 1.25. The quantitative estimate of drug-likeness (QED) is 0.731. The second-order valence-corrected chi connectivity index (χ2v) is 3.28. The third-order valence-electron chi connectivity index (χ3n) is 2.04. The molecule has 2 rings (SSSR count). The molecule has 0 saturated heterocycles. The second-order valence-electron chi connectivity index (χ2n) is 3.28. The molecule has 2 aromatic rings. The van der Waals surface area contributed by atoms with Crippen molar-refractivity contribution in [2.45, 2.75) is 6.54 Å². The average molecular weight is 216 g/mol. The molecular weight excluding hydrogens is 204 g/mol. The molecule has 82 valence electrons. The zero-order valence-corrected chi connectivity index (χ0v) is 8.60. The van der Waals surface area contributed by atoms with Gasteiger partial charge in [-0.05, 0) is 12.1 Å². The van der Waals surface area contributed by atoms with Gasteiger partial charge in [0, 0.05) is 24.0 Å². The molecule has 0 bridgehead atoms. The average Bonchev–Trinajstić information content (AvgIpc) is 2.81. The number of nitrogens with zero attached hydrogens (tertiary/aromatic N) is 1. The summed E-state index contributed by atoms with van der Waals surface area (Å²) in [4.78, 5) is 11.5. The second kappa shape index (κ2) is 4.97. The molecule has 0 saturated carbocycles. The van der Waals surface area contributed by atoms with Crippen LogP contribution in [-0.2, 0) is 6.54 Å². The lowest BCUT2D eigenvalue weighted by Crippen LogP contribution is -2.27. The molecule has 0 aliphatic carbocycles. The Morgan fingerprint density at radius 3 is 2.81 bits per heavy atom. The highest BCUT2D eigenvalue weighted by atomic mass is 16.2. The van der Waals surface area contributed by atoms with Gasteiger partial charge >= 0.3 is 6.03 Å². The van der Waals surface area contributed by atoms with Gasteiger partial charge in [-0.2, -0.15) is 5.10 Å². The van der Waals surface area contributed by atoms with Crippen LogP contribution in [0.1, 0.15) is 5.56 Å². The molecule has 16 heavy (non-hydrogen) atoms. The molecule has 5 heteroatoms. The molecule has 0 radical (unpaired) electrons. The molecule has 0 aliphatic heterocycles. The summed E-state index contributed by atoms with van der Waals surface area (Å²) in [6.45, 7) is 0.454. The number of urea groups is 1. The van der Waals surface area contributed by atoms with Crippen LogP contribution in [0.2, 0.25) is 0 Å². The van der Waals surface area contributed by atoms with Gasteiger partial charge in [-0.1, -0.05) is 18.2 Å². The lowest BCUT2D eigenvalue weighted by Gasteiger charge is -2.05. The van der Waals surface area contributed by atoms with Crippen molar-refractivity contribution in [2.75, 3.05) is 5.32 Å². The first-order valence-corrected chi connectivity index (χ1v) is 4.92. The molecular formula is C11H12N4O. The number of anilines is 1. The van der Waals surface area contributed by atoms with E-state index in [2.05, 4.69) is 20.8 Å². The van der Waals surface area contributed by atoms with E-state index in [-0.39, 0.29) is 6.03 Å². The highest BCUT2D eigenvalue weighted by molar-refractivity contribution is 5.89. The summed E-state index contributed by atoms with van der Waals surface area (Å²) in [5, 5.41) is 11.9. The number of para-hydroxylation sites is 1. The number of nitrogens with one attached hydrogen (secondary N) is 3. The largest absolute Gasteiger partial charge is 0.334 e. The molecule has 5 nitrogen and oxygen atoms in total. The standard InChI is InChI=1S/C11H12N4O/c16-11(12-6-9-7-13-14-8-9)15-10-4-2-1-3-5-10/h1-5,7-8H,6H2,(H,13,14)(H2,12,15,16). The number of benzene rings is 1. The highest BCUT2D eigenvalue weighted by Crippen LogP contribution is 2.04. The molecule has 0 atom stereocenters. The third kappa shape index (κ3) is 2.84. The zero-order valence-electron chi connectivity index (χ0n) is 8.60. The van der Waals surface area contributed by atoms with E-state index in [1.54, 1.807) is 12.4 Å². The topological polar surface area (TPSA) is 69.8 Å². The monoisotopic (exact) mass is 216 g/mol. The Kier molecular flexibility index (Phi) is 3.18. The van der Waals surface area contributed by atoms with Gasteiger partial charge in [-0.25, -0.2) is 4.79 Å². The first-order valence-electron chi connectivity index (χ1n) is 4.92. The number of carbonyl (C=O) groups excluding carboxylic acids is 1. The van der Waals surface area contributed by atoms with Crippen molar-refractivity contribution in [3.05, 3.63) is 48.3 Å². The SMILES string of the molecule is O=C(NCc1cn[nH]c1)Nc1ccccc1. The molecule has 1 heterocycles. The fourth-order valence-corrected chi connectivity index (χ4v) is 1.25. The van der Waals surface area contributed by atoms with Gasteiger partial charge in [-0.15, -0.1) is 0 Å². The predicted molar refractivity (Wildman–Crippen MR) is 60.9 cm³/mol. The number of rotatable bonds is 3. The number of carbonyl (C=O) groups is 1. The van der Waals surface area contributed by atoms with E-state index in [1.807, 2.05) is 30.3 Å². The number of H-pyrrole nitrogens is 1. The van der Waals surface area contributed by atoms with E-state index in [0.717, 1.165) is 11.3 Å². The van der Waals surface area contributed by atoms with Gasteiger partial charge in [0.2, 0.25) is 0 Å². The van der Waals surface area contributed by atoms with Crippen molar-refractivity contribution in [3.8, 4) is 0 Å². The summed E-state index contributed by atoms with van der Waals surface area (Å²) in [7, 11) is 0. The van der Waals surface area contributed by atoms with Crippen molar-refractivity contribution >= 4 is 11.7 Å². The van der Waals surface area contributed by atoms with E-state index < -0.39 is 0 Å². The first-order chi connectivity index (χ1) is 7.84. The Bertz CT molecular complexity index is 438. The lowest BCUT2D eigenvalue weighted by atomic mass is 10.3. The Labute approximate surface area is 92.9 Å². The van der Waals surface area contributed by atoms with Gasteiger partial charge in [0.1, 0.15) is 0 Å². The maximum atomic E-state index is 11.5. The number of hydrogen-bond acceptors (Lipinski definition) is 2. The number of aromatic nitrogens is 2. The summed E-state index contributed by atoms with van der Waals surface area (Å²) in [5.41, 5.74) is 1.70. The number of amides is 2. The predicted octanol–water partition coefficient (Wildman–Crippen LogP) is 1.73. The van der Waals surface area contributed by atoms with E-state index in [4.69, 9.17) is 0 Å². The van der Waals surface area contributed by atoms with Crippen LogP contribution in [0.4, 0.5) is 10.5 Å². The molecule has 0 unspecified atom stereocenters. The van der Waals surface area contributed by atoms with Crippen molar-refractivity contribution in [2.24, 2.45) is 0 Å². The summed E-state index contributed by atoms with van der Waals surface area (Å²) >= 11 is 0. The molecule has 2 amide bonds. The molecule has 1 aromatic heterocycles. The first kappa shape index (κ1) is 10.2. The smallest absolute Gasteiger partial charge is 0.319 e. The van der Waals surface area contributed by atoms with Crippen molar-refractivity contribution < 1.29 is 4.79 Å². The minimum absolute atomic E-state index is 0.229. The van der Waals surface area contributed by atoms with Crippen LogP contribution in [0, 0.1) is 0 Å². The van der Waals surface area contributed by atoms with Crippen LogP contribution in [-0.4, -0.2) is 16.2 Å². The molecule has 3 N–H and O–H groups in total. The minimum Gasteiger partial charge on any atom is -0.334 e. The van der Waals surface area contributed by atoms with Crippen molar-refractivity contribution in [1.82, 2.24) is 15.5 Å². The van der Waals surface area contributed by atoms with E-state index in [1.165, 1.54) is 0 Å². The Hall–Kier alpha value is -2.30. The third-order valence-corrected chi connectivity index (χ3v) is 2.04. The van der Waals surface area contributed by atoms with E-state index in [0.29, 0.717) is 6.54 Å². The summed E-state index contributed by atoms with van der Waals surface area (Å²) in [6.07, 6.45) is 3.41. The van der Waals surface area contributed by atoms with Gasteiger partial charge in [-0.3, -0.25) is 5.10 Å².